The van der Waals surface area contributed by atoms with Gasteiger partial charge in [0.05, 0.1) is 5.97 Å². The molecule has 0 saturated heterocycles. The maximum atomic E-state index is 13.8. The number of aromatic carboxylic acids is 1. The summed E-state index contributed by atoms with van der Waals surface area (Å²) in [5.74, 6) is -3.43. The van der Waals surface area contributed by atoms with E-state index in [0.29, 0.717) is 5.56 Å². The molecule has 29 heavy (non-hydrogen) atoms. The number of aryl methyl sites for hydroxylation is 2. The van der Waals surface area contributed by atoms with Crippen molar-refractivity contribution in [1.82, 2.24) is 0 Å². The number of hydrogen-bond acceptors (Lipinski definition) is 3. The number of hydrogen-bond donors (Lipinski definition) is 1. The highest BCUT2D eigenvalue weighted by Gasteiger charge is 2.12. The van der Waals surface area contributed by atoms with Crippen molar-refractivity contribution in [2.24, 2.45) is 10.7 Å². The number of rotatable bonds is 4. The second-order valence-corrected chi connectivity index (χ2v) is 6.63. The number of carbonyl (C=O) groups excluding carboxylic acids is 2. The van der Waals surface area contributed by atoms with E-state index in [9.17, 15) is 19.1 Å². The van der Waals surface area contributed by atoms with Gasteiger partial charge in [0.15, 0.2) is 0 Å². The second kappa shape index (κ2) is 8.06. The monoisotopic (exact) mass is 389 g/mol. The van der Waals surface area contributed by atoms with Gasteiger partial charge in [-0.3, -0.25) is 4.79 Å². The zero-order valence-corrected chi connectivity index (χ0v) is 15.9. The molecular weight excluding hydrogens is 371 g/mol. The Morgan fingerprint density at radius 3 is 2.17 bits per heavy atom. The molecule has 0 aliphatic heterocycles. The molecule has 3 aromatic rings. The summed E-state index contributed by atoms with van der Waals surface area (Å²) in [6, 6.07) is 16.4. The van der Waals surface area contributed by atoms with E-state index >= 15 is 0 Å². The van der Waals surface area contributed by atoms with Crippen LogP contribution in [0.4, 0.5) is 4.39 Å². The van der Waals surface area contributed by atoms with Gasteiger partial charge in [-0.15, -0.1) is 0 Å². The van der Waals surface area contributed by atoms with Crippen LogP contribution in [-0.2, 0) is 0 Å². The highest BCUT2D eigenvalue weighted by Crippen LogP contribution is 2.27. The zero-order chi connectivity index (χ0) is 21.1. The van der Waals surface area contributed by atoms with Gasteiger partial charge in [-0.25, -0.2) is 4.39 Å². The maximum Gasteiger partial charge on any atom is 0.278 e. The Morgan fingerprint density at radius 2 is 1.55 bits per heavy atom. The first-order valence-electron chi connectivity index (χ1n) is 8.84. The van der Waals surface area contributed by atoms with Crippen molar-refractivity contribution in [1.29, 1.82) is 0 Å². The van der Waals surface area contributed by atoms with E-state index in [1.807, 2.05) is 44.2 Å². The van der Waals surface area contributed by atoms with Crippen LogP contribution in [0.1, 0.15) is 37.4 Å². The van der Waals surface area contributed by atoms with E-state index < -0.39 is 23.3 Å². The van der Waals surface area contributed by atoms with Gasteiger partial charge in [0, 0.05) is 16.7 Å². The van der Waals surface area contributed by atoms with Crippen LogP contribution >= 0.6 is 0 Å². The molecule has 0 atom stereocenters. The van der Waals surface area contributed by atoms with Crippen LogP contribution in [0, 0.1) is 19.7 Å². The molecule has 0 aliphatic rings. The van der Waals surface area contributed by atoms with E-state index in [1.165, 1.54) is 6.07 Å². The Bertz CT molecular complexity index is 1150. The van der Waals surface area contributed by atoms with Crippen LogP contribution < -0.4 is 10.8 Å². The summed E-state index contributed by atoms with van der Waals surface area (Å²) in [7, 11) is 0. The summed E-state index contributed by atoms with van der Waals surface area (Å²) in [5.41, 5.74) is 9.79. The number of benzene rings is 3. The Kier molecular flexibility index (Phi) is 5.54. The molecular formula is C23H18FN2O3-. The highest BCUT2D eigenvalue weighted by atomic mass is 19.1. The van der Waals surface area contributed by atoms with E-state index in [1.54, 1.807) is 12.1 Å². The van der Waals surface area contributed by atoms with E-state index in [-0.39, 0.29) is 11.4 Å². The third-order valence-corrected chi connectivity index (χ3v) is 4.62. The number of amidine groups is 1. The van der Waals surface area contributed by atoms with Crippen molar-refractivity contribution in [2.45, 2.75) is 13.8 Å². The molecule has 0 aliphatic carbocycles. The predicted molar refractivity (Wildman–Crippen MR) is 107 cm³/mol. The van der Waals surface area contributed by atoms with Crippen molar-refractivity contribution in [2.75, 3.05) is 0 Å². The number of amides is 1. The molecule has 0 saturated carbocycles. The van der Waals surface area contributed by atoms with Gasteiger partial charge in [-0.2, -0.15) is 4.99 Å². The van der Waals surface area contributed by atoms with Crippen molar-refractivity contribution in [3.05, 3.63) is 94.3 Å². The highest BCUT2D eigenvalue weighted by molar-refractivity contribution is 6.09. The fourth-order valence-electron chi connectivity index (χ4n) is 3.05. The molecule has 3 aromatic carbocycles. The number of nitrogens with two attached hydrogens (primary N) is 1. The topological polar surface area (TPSA) is 95.6 Å². The Hall–Kier alpha value is -3.80. The van der Waals surface area contributed by atoms with Crippen LogP contribution in [0.2, 0.25) is 0 Å². The minimum Gasteiger partial charge on any atom is -0.545 e. The van der Waals surface area contributed by atoms with E-state index in [4.69, 9.17) is 5.73 Å². The smallest absolute Gasteiger partial charge is 0.278 e. The van der Waals surface area contributed by atoms with Gasteiger partial charge in [-0.05, 0) is 60.4 Å². The number of carbonyl (C=O) groups is 2. The van der Waals surface area contributed by atoms with Crippen molar-refractivity contribution < 1.29 is 19.1 Å². The van der Waals surface area contributed by atoms with Gasteiger partial charge >= 0.3 is 0 Å². The summed E-state index contributed by atoms with van der Waals surface area (Å²) in [4.78, 5) is 27.1. The lowest BCUT2D eigenvalue weighted by Crippen LogP contribution is -2.24. The quantitative estimate of drug-likeness (QED) is 0.548. The van der Waals surface area contributed by atoms with E-state index in [2.05, 4.69) is 4.99 Å². The minimum absolute atomic E-state index is 0.106. The molecule has 0 spiro atoms. The fraction of sp³-hybridized carbons (Fsp3) is 0.0870. The van der Waals surface area contributed by atoms with Gasteiger partial charge < -0.3 is 15.6 Å². The molecule has 146 valence electrons. The average Bonchev–Trinajstić information content (AvgIpc) is 2.68. The van der Waals surface area contributed by atoms with Crippen molar-refractivity contribution >= 4 is 17.7 Å². The largest absolute Gasteiger partial charge is 0.545 e. The maximum absolute atomic E-state index is 13.8. The van der Waals surface area contributed by atoms with Gasteiger partial charge in [0.25, 0.3) is 5.91 Å². The van der Waals surface area contributed by atoms with Crippen molar-refractivity contribution in [3.8, 4) is 11.1 Å². The van der Waals surface area contributed by atoms with Gasteiger partial charge in [-0.1, -0.05) is 36.4 Å². The third kappa shape index (κ3) is 4.21. The number of carboxylic acids is 1. The Balaban J connectivity index is 1.89. The molecule has 0 fully saturated rings. The number of halogens is 1. The van der Waals surface area contributed by atoms with E-state index in [0.717, 1.165) is 34.4 Å². The molecule has 2 N–H and O–H groups in total. The Labute approximate surface area is 167 Å². The predicted octanol–water partition coefficient (Wildman–Crippen LogP) is 3.02. The van der Waals surface area contributed by atoms with Crippen LogP contribution in [0.3, 0.4) is 0 Å². The van der Waals surface area contributed by atoms with Gasteiger partial charge in [0.1, 0.15) is 11.7 Å². The lowest BCUT2D eigenvalue weighted by molar-refractivity contribution is -0.255. The normalized spacial score (nSPS) is 11.3. The molecule has 0 bridgehead atoms. The Morgan fingerprint density at radius 1 is 0.897 bits per heavy atom. The summed E-state index contributed by atoms with van der Waals surface area (Å²) >= 11 is 0. The van der Waals surface area contributed by atoms with Gasteiger partial charge in [0.2, 0.25) is 0 Å². The molecule has 5 nitrogen and oxygen atoms in total. The average molecular weight is 389 g/mol. The standard InChI is InChI=1S/C23H19FN2O3/c1-13-5-3-4-6-17(13)18-9-8-16(11-14(18)2)22(27)26-21(25)15-7-10-19(23(28)29)20(24)12-15/h3-12H,1-2H3,(H,28,29)(H2,25,26,27)/p-1. The minimum atomic E-state index is -1.63. The molecule has 6 heteroatoms. The van der Waals surface area contributed by atoms with Crippen LogP contribution in [0.5, 0.6) is 0 Å². The summed E-state index contributed by atoms with van der Waals surface area (Å²) < 4.78 is 13.8. The van der Waals surface area contributed by atoms with Crippen LogP contribution in [0.25, 0.3) is 11.1 Å². The second-order valence-electron chi connectivity index (χ2n) is 6.63. The molecule has 0 radical (unpaired) electrons. The summed E-state index contributed by atoms with van der Waals surface area (Å²) in [5, 5.41) is 10.8. The number of aliphatic imine (C=N–C) groups is 1. The summed E-state index contributed by atoms with van der Waals surface area (Å²) in [6.07, 6.45) is 0. The first-order valence-corrected chi connectivity index (χ1v) is 8.84. The molecule has 1 amide bonds. The molecule has 0 heterocycles. The van der Waals surface area contributed by atoms with Crippen LogP contribution in [-0.4, -0.2) is 17.7 Å². The van der Waals surface area contributed by atoms with Crippen LogP contribution in [0.15, 0.2) is 65.7 Å². The molecule has 0 unspecified atom stereocenters. The van der Waals surface area contributed by atoms with Crippen molar-refractivity contribution in [3.63, 3.8) is 0 Å². The zero-order valence-electron chi connectivity index (χ0n) is 15.9. The lowest BCUT2D eigenvalue weighted by atomic mass is 9.95. The number of nitrogens with zero attached hydrogens (tertiary/aromatic N) is 1. The third-order valence-electron chi connectivity index (χ3n) is 4.62. The molecule has 0 aromatic heterocycles. The molecule has 3 rings (SSSR count). The SMILES string of the molecule is Cc1ccccc1-c1ccc(C(=O)N=C(N)c2ccc(C(=O)[O-])c(F)c2)cc1C. The summed E-state index contributed by atoms with van der Waals surface area (Å²) in [6.45, 7) is 3.92. The lowest BCUT2D eigenvalue weighted by Gasteiger charge is -2.10. The first-order chi connectivity index (χ1) is 13.8. The first kappa shape index (κ1) is 19.9. The fourth-order valence-corrected chi connectivity index (χ4v) is 3.05. The number of carboxylic acid groups (broad SMARTS) is 1.